The average Bonchev–Trinajstić information content (AvgIpc) is 2.67. The molecule has 0 aromatic heterocycles. The van der Waals surface area contributed by atoms with Crippen LogP contribution in [0.2, 0.25) is 0 Å². The second-order valence-corrected chi connectivity index (χ2v) is 6.11. The summed E-state index contributed by atoms with van der Waals surface area (Å²) in [6.07, 6.45) is 0.539. The third-order valence-electron chi connectivity index (χ3n) is 4.33. The average molecular weight is 362 g/mol. The summed E-state index contributed by atoms with van der Waals surface area (Å²) in [5, 5.41) is 5.19. The largest absolute Gasteiger partial charge is 0.467 e. The van der Waals surface area contributed by atoms with Gasteiger partial charge in [-0.15, -0.1) is 0 Å². The topological polar surface area (TPSA) is 91.0 Å². The zero-order valence-corrected chi connectivity index (χ0v) is 15.4. The minimum absolute atomic E-state index is 0.191. The summed E-state index contributed by atoms with van der Waals surface area (Å²) in [6, 6.07) is 6.28. The number of anilines is 2. The maximum absolute atomic E-state index is 11.9. The molecule has 1 saturated heterocycles. The molecule has 8 heteroatoms. The molecule has 0 radical (unpaired) electrons. The fraction of sp³-hybridized carbons (Fsp3) is 0.500. The highest BCUT2D eigenvalue weighted by atomic mass is 16.5. The molecule has 2 rings (SSSR count). The Kier molecular flexibility index (Phi) is 6.82. The van der Waals surface area contributed by atoms with Crippen molar-refractivity contribution in [1.82, 2.24) is 10.2 Å². The third-order valence-corrected chi connectivity index (χ3v) is 4.33. The van der Waals surface area contributed by atoms with Crippen LogP contribution in [0.4, 0.5) is 16.2 Å². The molecule has 1 aliphatic heterocycles. The summed E-state index contributed by atoms with van der Waals surface area (Å²) in [5.41, 5.74) is 1.67. The minimum Gasteiger partial charge on any atom is -0.467 e. The molecule has 0 aliphatic carbocycles. The van der Waals surface area contributed by atoms with Gasteiger partial charge in [-0.2, -0.15) is 0 Å². The molecule has 2 N–H and O–H groups in total. The first-order valence-electron chi connectivity index (χ1n) is 8.72. The van der Waals surface area contributed by atoms with Gasteiger partial charge in [0.1, 0.15) is 6.04 Å². The van der Waals surface area contributed by atoms with Crippen molar-refractivity contribution in [3.8, 4) is 0 Å². The van der Waals surface area contributed by atoms with Crippen molar-refractivity contribution in [3.05, 3.63) is 24.3 Å². The molecular weight excluding hydrogens is 336 g/mol. The summed E-state index contributed by atoms with van der Waals surface area (Å²) in [4.78, 5) is 39.0. The molecule has 1 atom stereocenters. The molecule has 1 aliphatic rings. The van der Waals surface area contributed by atoms with Crippen molar-refractivity contribution in [2.24, 2.45) is 0 Å². The van der Waals surface area contributed by atoms with Gasteiger partial charge >= 0.3 is 12.0 Å². The van der Waals surface area contributed by atoms with E-state index in [1.807, 2.05) is 24.0 Å². The predicted molar refractivity (Wildman–Crippen MR) is 99.2 cm³/mol. The summed E-state index contributed by atoms with van der Waals surface area (Å²) in [6.45, 7) is 6.45. The number of ether oxygens (including phenoxy) is 1. The molecule has 142 valence electrons. The number of carbonyl (C=O) groups is 3. The third kappa shape index (κ3) is 5.11. The van der Waals surface area contributed by atoms with E-state index in [1.54, 1.807) is 19.1 Å². The minimum atomic E-state index is -0.721. The number of urea groups is 1. The monoisotopic (exact) mass is 362 g/mol. The molecule has 1 fully saturated rings. The Morgan fingerprint density at radius 3 is 2.27 bits per heavy atom. The Labute approximate surface area is 153 Å². The van der Waals surface area contributed by atoms with E-state index in [0.29, 0.717) is 12.1 Å². The van der Waals surface area contributed by atoms with Crippen LogP contribution in [0.5, 0.6) is 0 Å². The van der Waals surface area contributed by atoms with Crippen LogP contribution >= 0.6 is 0 Å². The normalized spacial score (nSPS) is 15.2. The summed E-state index contributed by atoms with van der Waals surface area (Å²) < 4.78 is 4.56. The maximum Gasteiger partial charge on any atom is 0.328 e. The Morgan fingerprint density at radius 1 is 1.12 bits per heavy atom. The molecule has 0 spiro atoms. The highest BCUT2D eigenvalue weighted by molar-refractivity contribution is 5.92. The second-order valence-electron chi connectivity index (χ2n) is 6.11. The van der Waals surface area contributed by atoms with Crippen molar-refractivity contribution in [2.75, 3.05) is 43.5 Å². The fourth-order valence-electron chi connectivity index (χ4n) is 2.79. The predicted octanol–water partition coefficient (Wildman–Crippen LogP) is 1.43. The highest BCUT2D eigenvalue weighted by Crippen LogP contribution is 2.19. The van der Waals surface area contributed by atoms with E-state index in [0.717, 1.165) is 31.9 Å². The summed E-state index contributed by atoms with van der Waals surface area (Å²) >= 11 is 0. The number of methoxy groups -OCH3 is 1. The van der Waals surface area contributed by atoms with Gasteiger partial charge in [0.25, 0.3) is 0 Å². The molecule has 8 nitrogen and oxygen atoms in total. The van der Waals surface area contributed by atoms with Crippen LogP contribution in [0.3, 0.4) is 0 Å². The molecule has 26 heavy (non-hydrogen) atoms. The van der Waals surface area contributed by atoms with Gasteiger partial charge in [0, 0.05) is 44.0 Å². The van der Waals surface area contributed by atoms with Gasteiger partial charge in [0.05, 0.1) is 7.11 Å². The van der Waals surface area contributed by atoms with Crippen LogP contribution in [0.15, 0.2) is 24.3 Å². The molecule has 1 aromatic rings. The number of amides is 3. The highest BCUT2D eigenvalue weighted by Gasteiger charge is 2.20. The molecule has 0 saturated carbocycles. The molecule has 1 heterocycles. The molecular formula is C18H26N4O4. The molecule has 3 amide bonds. The Hall–Kier alpha value is -2.77. The lowest BCUT2D eigenvalue weighted by atomic mass is 10.2. The number of rotatable bonds is 5. The van der Waals surface area contributed by atoms with E-state index < -0.39 is 18.0 Å². The van der Waals surface area contributed by atoms with Crippen LogP contribution in [0.1, 0.15) is 20.3 Å². The first-order valence-corrected chi connectivity index (χ1v) is 8.72. The number of benzene rings is 1. The van der Waals surface area contributed by atoms with Crippen LogP contribution < -0.4 is 15.5 Å². The van der Waals surface area contributed by atoms with E-state index in [9.17, 15) is 14.4 Å². The van der Waals surface area contributed by atoms with Gasteiger partial charge < -0.3 is 25.2 Å². The number of nitrogens with one attached hydrogen (secondary N) is 2. The van der Waals surface area contributed by atoms with Gasteiger partial charge in [-0.25, -0.2) is 9.59 Å². The van der Waals surface area contributed by atoms with E-state index in [4.69, 9.17) is 0 Å². The first kappa shape index (κ1) is 19.6. The number of esters is 1. The zero-order chi connectivity index (χ0) is 19.1. The van der Waals surface area contributed by atoms with Crippen molar-refractivity contribution < 1.29 is 19.1 Å². The van der Waals surface area contributed by atoms with Crippen LogP contribution in [-0.4, -0.2) is 62.1 Å². The Balaban J connectivity index is 1.86. The maximum atomic E-state index is 11.9. The second kappa shape index (κ2) is 9.07. The van der Waals surface area contributed by atoms with Crippen molar-refractivity contribution in [3.63, 3.8) is 0 Å². The lowest BCUT2D eigenvalue weighted by Crippen LogP contribution is -2.48. The molecule has 1 aromatic carbocycles. The van der Waals surface area contributed by atoms with E-state index in [2.05, 4.69) is 20.3 Å². The summed E-state index contributed by atoms with van der Waals surface area (Å²) in [7, 11) is 1.27. The Morgan fingerprint density at radius 2 is 1.73 bits per heavy atom. The zero-order valence-electron chi connectivity index (χ0n) is 15.4. The molecule has 1 unspecified atom stereocenters. The van der Waals surface area contributed by atoms with E-state index in [1.165, 1.54) is 7.11 Å². The molecule has 0 bridgehead atoms. The number of hydrogen-bond acceptors (Lipinski definition) is 5. The van der Waals surface area contributed by atoms with Crippen molar-refractivity contribution in [1.29, 1.82) is 0 Å². The van der Waals surface area contributed by atoms with E-state index in [-0.39, 0.29) is 5.91 Å². The lowest BCUT2D eigenvalue weighted by molar-refractivity contribution is -0.142. The van der Waals surface area contributed by atoms with Gasteiger partial charge in [-0.1, -0.05) is 6.92 Å². The van der Waals surface area contributed by atoms with Crippen molar-refractivity contribution in [2.45, 2.75) is 26.3 Å². The number of piperazine rings is 1. The lowest BCUT2D eigenvalue weighted by Gasteiger charge is -2.36. The van der Waals surface area contributed by atoms with Gasteiger partial charge in [0.2, 0.25) is 5.91 Å². The fourth-order valence-corrected chi connectivity index (χ4v) is 2.79. The summed E-state index contributed by atoms with van der Waals surface area (Å²) in [5.74, 6) is -0.312. The van der Waals surface area contributed by atoms with E-state index >= 15 is 0 Å². The van der Waals surface area contributed by atoms with Crippen molar-refractivity contribution >= 4 is 29.3 Å². The van der Waals surface area contributed by atoms with Gasteiger partial charge in [-0.3, -0.25) is 4.79 Å². The quantitative estimate of drug-likeness (QED) is 0.773. The van der Waals surface area contributed by atoms with Gasteiger partial charge in [-0.05, 0) is 31.2 Å². The smallest absolute Gasteiger partial charge is 0.328 e. The Bertz CT molecular complexity index is 639. The standard InChI is InChI=1S/C18H26N4O4/c1-4-16(23)22-11-9-21(10-12-22)15-7-5-14(6-8-15)20-18(25)19-13(2)17(24)26-3/h5-8,13H,4,9-12H2,1-3H3,(H2,19,20,25). The van der Waals surface area contributed by atoms with Crippen LogP contribution in [0.25, 0.3) is 0 Å². The number of carbonyl (C=O) groups excluding carboxylic acids is 3. The first-order chi connectivity index (χ1) is 12.4. The number of hydrogen-bond donors (Lipinski definition) is 2. The SMILES string of the molecule is CCC(=O)N1CCN(c2ccc(NC(=O)NC(C)C(=O)OC)cc2)CC1. The van der Waals surface area contributed by atoms with Crippen LogP contribution in [-0.2, 0) is 14.3 Å². The van der Waals surface area contributed by atoms with Gasteiger partial charge in [0.15, 0.2) is 0 Å². The van der Waals surface area contributed by atoms with Crippen LogP contribution in [0, 0.1) is 0 Å². The number of nitrogens with zero attached hydrogens (tertiary/aromatic N) is 2.